The van der Waals surface area contributed by atoms with Gasteiger partial charge in [-0.05, 0) is 45.7 Å². The summed E-state index contributed by atoms with van der Waals surface area (Å²) in [6, 6.07) is 3.77. The second-order valence-corrected chi connectivity index (χ2v) is 6.35. The molecule has 3 heterocycles. The van der Waals surface area contributed by atoms with E-state index in [1.807, 2.05) is 6.07 Å². The molecule has 0 aromatic carbocycles. The summed E-state index contributed by atoms with van der Waals surface area (Å²) in [6.07, 6.45) is 5.02. The monoisotopic (exact) mass is 292 g/mol. The van der Waals surface area contributed by atoms with Crippen LogP contribution >= 0.6 is 0 Å². The number of fused-ring (bicyclic) bond motifs is 2. The Balaban J connectivity index is 1.65. The van der Waals surface area contributed by atoms with Gasteiger partial charge in [-0.1, -0.05) is 0 Å². The molecular formula is C16H24N2O3. The molecule has 2 unspecified atom stereocenters. The molecule has 2 aliphatic rings. The third-order valence-electron chi connectivity index (χ3n) is 4.85. The summed E-state index contributed by atoms with van der Waals surface area (Å²) in [5.74, 6) is 1.14. The molecular weight excluding hydrogens is 268 g/mol. The molecule has 0 aliphatic carbocycles. The third-order valence-corrected chi connectivity index (χ3v) is 4.85. The molecule has 2 bridgehead atoms. The van der Waals surface area contributed by atoms with E-state index in [1.54, 1.807) is 6.92 Å². The van der Waals surface area contributed by atoms with Gasteiger partial charge in [-0.2, -0.15) is 0 Å². The topological polar surface area (TPSA) is 54.7 Å². The number of aryl methyl sites for hydroxylation is 1. The number of methoxy groups -OCH3 is 1. The molecule has 0 radical (unpaired) electrons. The molecule has 0 spiro atoms. The van der Waals surface area contributed by atoms with Crippen molar-refractivity contribution in [2.45, 2.75) is 57.3 Å². The first-order chi connectivity index (χ1) is 10.1. The van der Waals surface area contributed by atoms with Crippen LogP contribution in [0.2, 0.25) is 0 Å². The first-order valence-corrected chi connectivity index (χ1v) is 7.70. The van der Waals surface area contributed by atoms with E-state index in [2.05, 4.69) is 17.3 Å². The molecule has 5 nitrogen and oxygen atoms in total. The van der Waals surface area contributed by atoms with Gasteiger partial charge in [-0.25, -0.2) is 4.79 Å². The fraction of sp³-hybridized carbons (Fsp3) is 0.688. The molecule has 0 saturated carbocycles. The van der Waals surface area contributed by atoms with Crippen molar-refractivity contribution in [1.29, 1.82) is 0 Å². The van der Waals surface area contributed by atoms with Crippen molar-refractivity contribution in [3.63, 3.8) is 0 Å². The van der Waals surface area contributed by atoms with Crippen LogP contribution in [0.5, 0.6) is 0 Å². The fourth-order valence-electron chi connectivity index (χ4n) is 3.70. The molecule has 0 amide bonds. The lowest BCUT2D eigenvalue weighted by molar-refractivity contribution is 0.0599. The highest BCUT2D eigenvalue weighted by Crippen LogP contribution is 2.30. The minimum atomic E-state index is -0.329. The smallest absolute Gasteiger partial charge is 0.341 e. The Morgan fingerprint density at radius 2 is 2.10 bits per heavy atom. The largest absolute Gasteiger partial charge is 0.465 e. The van der Waals surface area contributed by atoms with Crippen molar-refractivity contribution in [2.24, 2.45) is 0 Å². The molecule has 116 valence electrons. The van der Waals surface area contributed by atoms with Crippen molar-refractivity contribution < 1.29 is 13.9 Å². The van der Waals surface area contributed by atoms with Gasteiger partial charge >= 0.3 is 5.97 Å². The lowest BCUT2D eigenvalue weighted by Gasteiger charge is -2.35. The lowest BCUT2D eigenvalue weighted by Crippen LogP contribution is -2.46. The number of furan rings is 1. The fourth-order valence-corrected chi connectivity index (χ4v) is 3.70. The number of carbonyl (C=O) groups is 1. The van der Waals surface area contributed by atoms with E-state index in [1.165, 1.54) is 32.8 Å². The number of hydrogen-bond acceptors (Lipinski definition) is 5. The summed E-state index contributed by atoms with van der Waals surface area (Å²) in [5.41, 5.74) is 0.534. The van der Waals surface area contributed by atoms with Crippen LogP contribution in [0.4, 0.5) is 0 Å². The Kier molecular flexibility index (Phi) is 4.04. The van der Waals surface area contributed by atoms with Crippen LogP contribution in [0, 0.1) is 6.92 Å². The minimum absolute atomic E-state index is 0.329. The number of rotatable bonds is 4. The predicted molar refractivity (Wildman–Crippen MR) is 79.2 cm³/mol. The molecule has 5 heteroatoms. The Labute approximate surface area is 125 Å². The standard InChI is InChI=1S/C16H24N2O3/c1-10-15(16(19)20-3)8-14(21-10)9-18(2)13-6-11-4-5-12(7-13)17-11/h8,11-13,17H,4-7,9H2,1-3H3. The average Bonchev–Trinajstić information content (AvgIpc) is 3.00. The third kappa shape index (κ3) is 2.99. The van der Waals surface area contributed by atoms with E-state index in [-0.39, 0.29) is 5.97 Å². The zero-order chi connectivity index (χ0) is 15.0. The van der Waals surface area contributed by atoms with E-state index in [9.17, 15) is 4.79 Å². The number of hydrogen-bond donors (Lipinski definition) is 1. The van der Waals surface area contributed by atoms with Crippen molar-refractivity contribution >= 4 is 5.97 Å². The maximum Gasteiger partial charge on any atom is 0.341 e. The van der Waals surface area contributed by atoms with Crippen LogP contribution < -0.4 is 5.32 Å². The van der Waals surface area contributed by atoms with E-state index < -0.39 is 0 Å². The quantitative estimate of drug-likeness (QED) is 0.861. The average molecular weight is 292 g/mol. The highest BCUT2D eigenvalue weighted by molar-refractivity contribution is 5.90. The van der Waals surface area contributed by atoms with Crippen molar-refractivity contribution in [3.05, 3.63) is 23.2 Å². The van der Waals surface area contributed by atoms with E-state index in [0.717, 1.165) is 12.3 Å². The molecule has 1 N–H and O–H groups in total. The maximum absolute atomic E-state index is 11.6. The Bertz CT molecular complexity index is 514. The van der Waals surface area contributed by atoms with Gasteiger partial charge in [0.2, 0.25) is 0 Å². The number of nitrogens with one attached hydrogen (secondary N) is 1. The van der Waals surface area contributed by atoms with Gasteiger partial charge in [0, 0.05) is 18.1 Å². The molecule has 21 heavy (non-hydrogen) atoms. The van der Waals surface area contributed by atoms with Crippen molar-refractivity contribution in [3.8, 4) is 0 Å². The minimum Gasteiger partial charge on any atom is -0.465 e. The highest BCUT2D eigenvalue weighted by Gasteiger charge is 2.35. The number of esters is 1. The predicted octanol–water partition coefficient (Wildman–Crippen LogP) is 2.09. The molecule has 1 aromatic rings. The van der Waals surface area contributed by atoms with Gasteiger partial charge in [0.1, 0.15) is 17.1 Å². The molecule has 1 aromatic heterocycles. The summed E-state index contributed by atoms with van der Waals surface area (Å²) >= 11 is 0. The van der Waals surface area contributed by atoms with Crippen LogP contribution in [0.15, 0.2) is 10.5 Å². The SMILES string of the molecule is COC(=O)c1cc(CN(C)C2CC3CCC(C2)N3)oc1C. The van der Waals surface area contributed by atoms with E-state index in [0.29, 0.717) is 29.4 Å². The van der Waals surface area contributed by atoms with Gasteiger partial charge in [0.15, 0.2) is 0 Å². The summed E-state index contributed by atoms with van der Waals surface area (Å²) in [7, 11) is 3.54. The van der Waals surface area contributed by atoms with Gasteiger partial charge in [-0.3, -0.25) is 4.90 Å². The maximum atomic E-state index is 11.6. The van der Waals surface area contributed by atoms with Gasteiger partial charge in [0.25, 0.3) is 0 Å². The second kappa shape index (κ2) is 5.81. The van der Waals surface area contributed by atoms with Gasteiger partial charge in [0.05, 0.1) is 13.7 Å². The second-order valence-electron chi connectivity index (χ2n) is 6.35. The number of ether oxygens (including phenoxy) is 1. The Morgan fingerprint density at radius 3 is 2.71 bits per heavy atom. The number of nitrogens with zero attached hydrogens (tertiary/aromatic N) is 1. The molecule has 2 aliphatic heterocycles. The van der Waals surface area contributed by atoms with E-state index in [4.69, 9.17) is 9.15 Å². The van der Waals surface area contributed by atoms with Gasteiger partial charge < -0.3 is 14.5 Å². The van der Waals surface area contributed by atoms with E-state index >= 15 is 0 Å². The zero-order valence-corrected chi connectivity index (χ0v) is 13.0. The molecule has 2 saturated heterocycles. The lowest BCUT2D eigenvalue weighted by atomic mass is 9.98. The summed E-state index contributed by atoms with van der Waals surface area (Å²) in [6.45, 7) is 2.54. The van der Waals surface area contributed by atoms with Crippen molar-refractivity contribution in [1.82, 2.24) is 10.2 Å². The van der Waals surface area contributed by atoms with Crippen LogP contribution in [-0.2, 0) is 11.3 Å². The first-order valence-electron chi connectivity index (χ1n) is 7.70. The van der Waals surface area contributed by atoms with Crippen LogP contribution in [0.25, 0.3) is 0 Å². The number of carbonyl (C=O) groups excluding carboxylic acids is 1. The Hall–Kier alpha value is -1.33. The first kappa shape index (κ1) is 14.6. The highest BCUT2D eigenvalue weighted by atomic mass is 16.5. The summed E-state index contributed by atoms with van der Waals surface area (Å²) in [4.78, 5) is 14.0. The number of piperidine rings is 1. The van der Waals surface area contributed by atoms with Crippen molar-refractivity contribution in [2.75, 3.05) is 14.2 Å². The van der Waals surface area contributed by atoms with Crippen LogP contribution in [-0.4, -0.2) is 43.2 Å². The van der Waals surface area contributed by atoms with Gasteiger partial charge in [-0.15, -0.1) is 0 Å². The normalized spacial score (nSPS) is 28.1. The Morgan fingerprint density at radius 1 is 1.43 bits per heavy atom. The molecule has 2 fully saturated rings. The zero-order valence-electron chi connectivity index (χ0n) is 13.0. The molecule has 3 rings (SSSR count). The molecule has 2 atom stereocenters. The summed E-state index contributed by atoms with van der Waals surface area (Å²) < 4.78 is 10.5. The van der Waals surface area contributed by atoms with Crippen LogP contribution in [0.3, 0.4) is 0 Å². The summed E-state index contributed by atoms with van der Waals surface area (Å²) in [5, 5.41) is 3.66. The van der Waals surface area contributed by atoms with Crippen LogP contribution in [0.1, 0.15) is 47.6 Å².